The maximum atomic E-state index is 13.3. The van der Waals surface area contributed by atoms with Gasteiger partial charge in [0.05, 0.1) is 13.7 Å². The molecule has 0 bridgehead atoms. The molecule has 168 valence electrons. The minimum absolute atomic E-state index is 0.0000697. The third-order valence-electron chi connectivity index (χ3n) is 5.28. The Kier molecular flexibility index (Phi) is 6.03. The number of nitrogens with zero attached hydrogens (tertiary/aromatic N) is 4. The van der Waals surface area contributed by atoms with Crippen molar-refractivity contribution in [2.24, 2.45) is 0 Å². The first-order chi connectivity index (χ1) is 15.9. The smallest absolute Gasteiger partial charge is 0.333 e. The van der Waals surface area contributed by atoms with Gasteiger partial charge >= 0.3 is 5.69 Å². The zero-order valence-corrected chi connectivity index (χ0v) is 18.5. The van der Waals surface area contributed by atoms with Crippen LogP contribution in [0.15, 0.2) is 64.4 Å². The molecule has 2 aromatic carbocycles. The van der Waals surface area contributed by atoms with Crippen molar-refractivity contribution >= 4 is 22.8 Å². The number of aromatic nitrogens is 4. The number of aryl methyl sites for hydroxylation is 2. The van der Waals surface area contributed by atoms with Crippen molar-refractivity contribution in [2.75, 3.05) is 12.4 Å². The van der Waals surface area contributed by atoms with E-state index in [-0.39, 0.29) is 24.3 Å². The number of fused-ring (bicyclic) bond motifs is 1. The lowest BCUT2D eigenvalue weighted by Gasteiger charge is -2.14. The molecular weight excluding hydrogens is 422 g/mol. The first kappa shape index (κ1) is 21.9. The number of hydrogen-bond donors (Lipinski definition) is 1. The molecule has 0 spiro atoms. The monoisotopic (exact) mass is 445 g/mol. The fraction of sp³-hybridized carbons (Fsp3) is 0.208. The number of benzene rings is 2. The summed E-state index contributed by atoms with van der Waals surface area (Å²) in [6.07, 6.45) is 2.76. The molecule has 0 radical (unpaired) electrons. The maximum absolute atomic E-state index is 13.3. The van der Waals surface area contributed by atoms with Crippen LogP contribution in [0.2, 0.25) is 0 Å². The van der Waals surface area contributed by atoms with Gasteiger partial charge < -0.3 is 10.1 Å². The lowest BCUT2D eigenvalue weighted by molar-refractivity contribution is -0.116. The Morgan fingerprint density at radius 1 is 1.03 bits per heavy atom. The highest BCUT2D eigenvalue weighted by atomic mass is 16.5. The Labute approximate surface area is 189 Å². The quantitative estimate of drug-likeness (QED) is 0.488. The summed E-state index contributed by atoms with van der Waals surface area (Å²) in [6.45, 7) is 3.54. The van der Waals surface area contributed by atoms with Gasteiger partial charge in [-0.1, -0.05) is 29.8 Å². The molecule has 0 fully saturated rings. The number of carbonyl (C=O) groups excluding carboxylic acids is 1. The number of ether oxygens (including phenoxy) is 1. The molecule has 9 heteroatoms. The molecule has 0 saturated carbocycles. The summed E-state index contributed by atoms with van der Waals surface area (Å²) >= 11 is 0. The Bertz CT molecular complexity index is 1470. The molecule has 0 unspecified atom stereocenters. The average Bonchev–Trinajstić information content (AvgIpc) is 2.81. The van der Waals surface area contributed by atoms with Gasteiger partial charge in [-0.25, -0.2) is 14.8 Å². The van der Waals surface area contributed by atoms with Crippen molar-refractivity contribution < 1.29 is 9.53 Å². The molecule has 4 rings (SSSR count). The summed E-state index contributed by atoms with van der Waals surface area (Å²) in [5.74, 6) is 0.192. The fourth-order valence-corrected chi connectivity index (χ4v) is 3.65. The highest BCUT2D eigenvalue weighted by Crippen LogP contribution is 2.16. The molecule has 2 aromatic heterocycles. The fourth-order valence-electron chi connectivity index (χ4n) is 3.65. The Morgan fingerprint density at radius 2 is 1.82 bits per heavy atom. The van der Waals surface area contributed by atoms with Crippen LogP contribution in [0.25, 0.3) is 11.2 Å². The number of methoxy groups -OCH3 is 1. The van der Waals surface area contributed by atoms with Gasteiger partial charge in [-0.3, -0.25) is 18.7 Å². The molecule has 33 heavy (non-hydrogen) atoms. The summed E-state index contributed by atoms with van der Waals surface area (Å²) in [5.41, 5.74) is 2.19. The zero-order valence-electron chi connectivity index (χ0n) is 18.5. The van der Waals surface area contributed by atoms with Crippen LogP contribution in [-0.2, 0) is 17.9 Å². The molecule has 0 aliphatic carbocycles. The van der Waals surface area contributed by atoms with E-state index in [4.69, 9.17) is 4.74 Å². The van der Waals surface area contributed by atoms with E-state index in [0.29, 0.717) is 17.0 Å². The van der Waals surface area contributed by atoms with Gasteiger partial charge in [0.25, 0.3) is 5.56 Å². The second-order valence-corrected chi connectivity index (χ2v) is 7.71. The van der Waals surface area contributed by atoms with E-state index in [2.05, 4.69) is 15.3 Å². The Morgan fingerprint density at radius 3 is 2.58 bits per heavy atom. The zero-order chi connectivity index (χ0) is 23.5. The molecule has 9 nitrogen and oxygen atoms in total. The highest BCUT2D eigenvalue weighted by Gasteiger charge is 2.18. The maximum Gasteiger partial charge on any atom is 0.333 e. The van der Waals surface area contributed by atoms with Crippen LogP contribution in [-0.4, -0.2) is 32.1 Å². The molecular formula is C24H23N5O4. The molecule has 0 saturated heterocycles. The van der Waals surface area contributed by atoms with E-state index in [1.807, 2.05) is 32.0 Å². The van der Waals surface area contributed by atoms with Crippen molar-refractivity contribution in [3.8, 4) is 5.75 Å². The van der Waals surface area contributed by atoms with Crippen LogP contribution in [0, 0.1) is 13.8 Å². The van der Waals surface area contributed by atoms with Gasteiger partial charge in [0.2, 0.25) is 5.91 Å². The number of anilines is 1. The SMILES string of the molecule is COc1cccc(Cn2c(=O)c3nccnc3n(CC(=O)Nc3ccc(C)cc3C)c2=O)c1. The average molecular weight is 445 g/mol. The second-order valence-electron chi connectivity index (χ2n) is 7.71. The lowest BCUT2D eigenvalue weighted by Crippen LogP contribution is -2.42. The van der Waals surface area contributed by atoms with E-state index in [9.17, 15) is 14.4 Å². The summed E-state index contributed by atoms with van der Waals surface area (Å²) in [5, 5.41) is 2.83. The van der Waals surface area contributed by atoms with Crippen LogP contribution in [0.5, 0.6) is 5.75 Å². The van der Waals surface area contributed by atoms with Gasteiger partial charge in [0, 0.05) is 18.1 Å². The molecule has 1 amide bonds. The number of amides is 1. The summed E-state index contributed by atoms with van der Waals surface area (Å²) < 4.78 is 7.45. The third-order valence-corrected chi connectivity index (χ3v) is 5.28. The van der Waals surface area contributed by atoms with Crippen LogP contribution >= 0.6 is 0 Å². The lowest BCUT2D eigenvalue weighted by atomic mass is 10.1. The molecule has 0 aliphatic rings. The van der Waals surface area contributed by atoms with Crippen LogP contribution in [0.4, 0.5) is 5.69 Å². The normalized spacial score (nSPS) is 10.9. The molecule has 2 heterocycles. The van der Waals surface area contributed by atoms with E-state index in [1.54, 1.807) is 24.3 Å². The summed E-state index contributed by atoms with van der Waals surface area (Å²) in [6, 6.07) is 12.7. The standard InChI is InChI=1S/C24H23N5O4/c1-15-7-8-19(16(2)11-15)27-20(30)14-28-22-21(25-9-10-26-22)23(31)29(24(28)32)13-17-5-4-6-18(12-17)33-3/h4-12H,13-14H2,1-3H3,(H,27,30). The van der Waals surface area contributed by atoms with E-state index in [0.717, 1.165) is 15.7 Å². The minimum atomic E-state index is -0.647. The molecule has 1 N–H and O–H groups in total. The number of carbonyl (C=O) groups is 1. The molecule has 0 aliphatic heterocycles. The predicted molar refractivity (Wildman–Crippen MR) is 125 cm³/mol. The minimum Gasteiger partial charge on any atom is -0.497 e. The van der Waals surface area contributed by atoms with Crippen LogP contribution in [0.3, 0.4) is 0 Å². The van der Waals surface area contributed by atoms with Crippen molar-refractivity contribution in [3.63, 3.8) is 0 Å². The Hall–Kier alpha value is -4.27. The highest BCUT2D eigenvalue weighted by molar-refractivity contribution is 5.92. The number of nitrogens with one attached hydrogen (secondary N) is 1. The molecule has 0 atom stereocenters. The van der Waals surface area contributed by atoms with Gasteiger partial charge in [-0.2, -0.15) is 0 Å². The van der Waals surface area contributed by atoms with E-state index < -0.39 is 17.2 Å². The van der Waals surface area contributed by atoms with Gasteiger partial charge in [-0.15, -0.1) is 0 Å². The van der Waals surface area contributed by atoms with Crippen LogP contribution < -0.4 is 21.3 Å². The predicted octanol–water partition coefficient (Wildman–Crippen LogP) is 2.27. The van der Waals surface area contributed by atoms with Crippen LogP contribution in [0.1, 0.15) is 16.7 Å². The third kappa shape index (κ3) is 4.52. The van der Waals surface area contributed by atoms with Gasteiger partial charge in [0.15, 0.2) is 11.2 Å². The number of rotatable bonds is 6. The van der Waals surface area contributed by atoms with Crippen molar-refractivity contribution in [1.29, 1.82) is 0 Å². The van der Waals surface area contributed by atoms with E-state index >= 15 is 0 Å². The van der Waals surface area contributed by atoms with Crippen molar-refractivity contribution in [3.05, 3.63) is 92.4 Å². The first-order valence-corrected chi connectivity index (χ1v) is 10.3. The van der Waals surface area contributed by atoms with Gasteiger partial charge in [0.1, 0.15) is 12.3 Å². The summed E-state index contributed by atoms with van der Waals surface area (Å²) in [4.78, 5) is 47.4. The van der Waals surface area contributed by atoms with Crippen molar-refractivity contribution in [2.45, 2.75) is 26.9 Å². The largest absolute Gasteiger partial charge is 0.497 e. The van der Waals surface area contributed by atoms with Crippen molar-refractivity contribution in [1.82, 2.24) is 19.1 Å². The summed E-state index contributed by atoms with van der Waals surface area (Å²) in [7, 11) is 1.54. The second kappa shape index (κ2) is 9.07. The van der Waals surface area contributed by atoms with Gasteiger partial charge in [-0.05, 0) is 43.2 Å². The Balaban J connectivity index is 1.75. The van der Waals surface area contributed by atoms with E-state index in [1.165, 1.54) is 24.1 Å². The molecule has 4 aromatic rings. The first-order valence-electron chi connectivity index (χ1n) is 10.3. The topological polar surface area (TPSA) is 108 Å². The number of hydrogen-bond acceptors (Lipinski definition) is 6.